The third-order valence-corrected chi connectivity index (χ3v) is 3.68. The van der Waals surface area contributed by atoms with E-state index in [-0.39, 0.29) is 12.0 Å². The van der Waals surface area contributed by atoms with Crippen LogP contribution in [0, 0.1) is 0 Å². The first-order valence-electron chi connectivity index (χ1n) is 6.24. The lowest BCUT2D eigenvalue weighted by Gasteiger charge is -2.26. The minimum atomic E-state index is -4.60. The molecule has 0 aliphatic carbocycles. The van der Waals surface area contributed by atoms with Crippen molar-refractivity contribution in [3.05, 3.63) is 52.8 Å². The van der Waals surface area contributed by atoms with Crippen molar-refractivity contribution in [3.63, 3.8) is 0 Å². The number of nitrogens with zero attached hydrogens (tertiary/aromatic N) is 2. The number of hydrogen-bond donors (Lipinski definition) is 1. The largest absolute Gasteiger partial charge is 0.479 e. The van der Waals surface area contributed by atoms with E-state index in [1.54, 1.807) is 6.07 Å². The van der Waals surface area contributed by atoms with Crippen LogP contribution in [0.1, 0.15) is 18.1 Å². The van der Waals surface area contributed by atoms with Gasteiger partial charge in [0.2, 0.25) is 0 Å². The van der Waals surface area contributed by atoms with Crippen molar-refractivity contribution in [2.45, 2.75) is 25.1 Å². The summed E-state index contributed by atoms with van der Waals surface area (Å²) in [6.07, 6.45) is -1.90. The van der Waals surface area contributed by atoms with E-state index in [0.717, 1.165) is 12.1 Å². The van der Waals surface area contributed by atoms with E-state index >= 15 is 0 Å². The number of aromatic nitrogens is 2. The molecule has 118 valence electrons. The summed E-state index contributed by atoms with van der Waals surface area (Å²) in [7, 11) is 0. The molecular formula is C14H12ClF3N2O2. The Morgan fingerprint density at radius 3 is 2.59 bits per heavy atom. The second-order valence-electron chi connectivity index (χ2n) is 5.02. The second-order valence-corrected chi connectivity index (χ2v) is 5.43. The zero-order chi connectivity index (χ0) is 16.5. The quantitative estimate of drug-likeness (QED) is 0.930. The summed E-state index contributed by atoms with van der Waals surface area (Å²) in [6.45, 7) is 1.39. The zero-order valence-electron chi connectivity index (χ0n) is 11.4. The van der Waals surface area contributed by atoms with Gasteiger partial charge in [0, 0.05) is 18.8 Å². The molecule has 0 radical (unpaired) electrons. The van der Waals surface area contributed by atoms with Gasteiger partial charge in [0.15, 0.2) is 5.54 Å². The topological polar surface area (TPSA) is 55.1 Å². The van der Waals surface area contributed by atoms with Crippen LogP contribution in [-0.4, -0.2) is 20.9 Å². The number of halogens is 4. The van der Waals surface area contributed by atoms with Crippen molar-refractivity contribution in [3.8, 4) is 0 Å². The normalized spacial score (nSPS) is 14.6. The summed E-state index contributed by atoms with van der Waals surface area (Å²) in [5, 5.41) is 12.9. The maximum atomic E-state index is 12.9. The Morgan fingerprint density at radius 2 is 2.09 bits per heavy atom. The summed E-state index contributed by atoms with van der Waals surface area (Å²) in [4.78, 5) is 11.6. The van der Waals surface area contributed by atoms with Crippen LogP contribution in [0.3, 0.4) is 0 Å². The van der Waals surface area contributed by atoms with E-state index in [4.69, 9.17) is 11.6 Å². The van der Waals surface area contributed by atoms with E-state index in [1.807, 2.05) is 0 Å². The molecule has 2 rings (SSSR count). The zero-order valence-corrected chi connectivity index (χ0v) is 12.2. The van der Waals surface area contributed by atoms with Crippen molar-refractivity contribution in [1.82, 2.24) is 9.78 Å². The molecule has 8 heteroatoms. The van der Waals surface area contributed by atoms with Crippen LogP contribution in [0.15, 0.2) is 36.7 Å². The number of aliphatic carboxylic acids is 1. The highest BCUT2D eigenvalue weighted by atomic mass is 35.5. The highest BCUT2D eigenvalue weighted by molar-refractivity contribution is 6.31. The number of carbonyl (C=O) groups is 1. The molecule has 1 N–H and O–H groups in total. The Kier molecular flexibility index (Phi) is 4.19. The molecule has 1 heterocycles. The maximum Gasteiger partial charge on any atom is 0.417 e. The predicted molar refractivity (Wildman–Crippen MR) is 73.7 cm³/mol. The monoisotopic (exact) mass is 332 g/mol. The van der Waals surface area contributed by atoms with E-state index in [2.05, 4.69) is 5.10 Å². The van der Waals surface area contributed by atoms with E-state index in [1.165, 1.54) is 30.1 Å². The van der Waals surface area contributed by atoms with Gasteiger partial charge in [0.05, 0.1) is 10.6 Å². The molecule has 0 saturated heterocycles. The Bertz CT molecular complexity index is 686. The summed E-state index contributed by atoms with van der Waals surface area (Å²) >= 11 is 5.56. The van der Waals surface area contributed by atoms with Crippen molar-refractivity contribution in [2.75, 3.05) is 0 Å². The number of alkyl halides is 3. The minimum absolute atomic E-state index is 0.162. The summed E-state index contributed by atoms with van der Waals surface area (Å²) in [5.74, 6) is -1.19. The van der Waals surface area contributed by atoms with E-state index < -0.39 is 28.3 Å². The number of hydrogen-bond acceptors (Lipinski definition) is 2. The first kappa shape index (κ1) is 16.4. The average molecular weight is 333 g/mol. The van der Waals surface area contributed by atoms with Gasteiger partial charge in [-0.25, -0.2) is 4.79 Å². The molecule has 0 saturated carbocycles. The fraction of sp³-hybridized carbons (Fsp3) is 0.286. The first-order valence-corrected chi connectivity index (χ1v) is 6.61. The Hall–Kier alpha value is -2.02. The van der Waals surface area contributed by atoms with Crippen molar-refractivity contribution >= 4 is 17.6 Å². The molecule has 0 bridgehead atoms. The molecule has 0 fully saturated rings. The van der Waals surface area contributed by atoms with Crippen LogP contribution in [0.2, 0.25) is 5.02 Å². The molecule has 1 atom stereocenters. The smallest absolute Gasteiger partial charge is 0.417 e. The van der Waals surface area contributed by atoms with Crippen LogP contribution in [-0.2, 0) is 22.9 Å². The fourth-order valence-electron chi connectivity index (χ4n) is 2.11. The SMILES string of the molecule is CC(Cc1ccc(Cl)c(C(F)(F)F)c1)(C(=O)O)n1cccn1. The van der Waals surface area contributed by atoms with Crippen molar-refractivity contribution < 1.29 is 23.1 Å². The Labute approximate surface area is 129 Å². The third kappa shape index (κ3) is 3.09. The standard InChI is InChI=1S/C14H12ClF3N2O2/c1-13(12(21)22,20-6-2-5-19-20)8-9-3-4-11(15)10(7-9)14(16,17)18/h2-7H,8H2,1H3,(H,21,22). The van der Waals surface area contributed by atoms with Gasteiger partial charge < -0.3 is 5.11 Å². The maximum absolute atomic E-state index is 12.9. The molecule has 2 aromatic rings. The summed E-state index contributed by atoms with van der Waals surface area (Å²) < 4.78 is 39.8. The Morgan fingerprint density at radius 1 is 1.41 bits per heavy atom. The van der Waals surface area contributed by atoms with Crippen LogP contribution >= 0.6 is 11.6 Å². The van der Waals surface area contributed by atoms with Gasteiger partial charge in [-0.15, -0.1) is 0 Å². The number of rotatable bonds is 4. The number of carboxylic acids is 1. The third-order valence-electron chi connectivity index (χ3n) is 3.36. The van der Waals surface area contributed by atoms with Crippen LogP contribution in [0.5, 0.6) is 0 Å². The van der Waals surface area contributed by atoms with Gasteiger partial charge in [0.1, 0.15) is 0 Å². The van der Waals surface area contributed by atoms with Gasteiger partial charge in [-0.3, -0.25) is 4.68 Å². The lowest BCUT2D eigenvalue weighted by atomic mass is 9.92. The molecule has 1 unspecified atom stereocenters. The van der Waals surface area contributed by atoms with Gasteiger partial charge in [-0.1, -0.05) is 17.7 Å². The average Bonchev–Trinajstić information content (AvgIpc) is 2.93. The molecule has 0 amide bonds. The van der Waals surface area contributed by atoms with Gasteiger partial charge in [-0.2, -0.15) is 18.3 Å². The van der Waals surface area contributed by atoms with Gasteiger partial charge in [-0.05, 0) is 30.7 Å². The second kappa shape index (κ2) is 5.64. The number of benzene rings is 1. The fourth-order valence-corrected chi connectivity index (χ4v) is 2.34. The lowest BCUT2D eigenvalue weighted by molar-refractivity contribution is -0.147. The molecule has 1 aromatic carbocycles. The molecule has 0 spiro atoms. The first-order chi connectivity index (χ1) is 10.1. The molecule has 0 aliphatic rings. The molecular weight excluding hydrogens is 321 g/mol. The minimum Gasteiger partial charge on any atom is -0.479 e. The van der Waals surface area contributed by atoms with Crippen LogP contribution < -0.4 is 0 Å². The highest BCUT2D eigenvalue weighted by Crippen LogP contribution is 2.36. The molecule has 4 nitrogen and oxygen atoms in total. The number of carboxylic acid groups (broad SMARTS) is 1. The summed E-state index contributed by atoms with van der Waals surface area (Å²) in [6, 6.07) is 4.91. The van der Waals surface area contributed by atoms with E-state index in [9.17, 15) is 23.1 Å². The predicted octanol–water partition coefficient (Wildman–Crippen LogP) is 3.60. The van der Waals surface area contributed by atoms with Crippen LogP contribution in [0.25, 0.3) is 0 Å². The molecule has 22 heavy (non-hydrogen) atoms. The van der Waals surface area contributed by atoms with Crippen LogP contribution in [0.4, 0.5) is 13.2 Å². The van der Waals surface area contributed by atoms with Crippen molar-refractivity contribution in [2.24, 2.45) is 0 Å². The van der Waals surface area contributed by atoms with E-state index in [0.29, 0.717) is 0 Å². The highest BCUT2D eigenvalue weighted by Gasteiger charge is 2.38. The van der Waals surface area contributed by atoms with Crippen molar-refractivity contribution in [1.29, 1.82) is 0 Å². The molecule has 1 aromatic heterocycles. The van der Waals surface area contributed by atoms with Gasteiger partial charge in [0.25, 0.3) is 0 Å². The Balaban J connectivity index is 2.43. The lowest BCUT2D eigenvalue weighted by Crippen LogP contribution is -2.41. The summed E-state index contributed by atoms with van der Waals surface area (Å²) in [5.41, 5.74) is -2.28. The van der Waals surface area contributed by atoms with Gasteiger partial charge >= 0.3 is 12.1 Å². The molecule has 0 aliphatic heterocycles.